The molecule has 0 saturated carbocycles. The number of nitrogens with two attached hydrogens (primary N) is 1. The van der Waals surface area contributed by atoms with Crippen molar-refractivity contribution in [1.82, 2.24) is 4.90 Å². The molecule has 1 aliphatic heterocycles. The zero-order chi connectivity index (χ0) is 19.0. The summed E-state index contributed by atoms with van der Waals surface area (Å²) in [5, 5.41) is 0.661. The molecule has 1 unspecified atom stereocenters. The predicted molar refractivity (Wildman–Crippen MR) is 105 cm³/mol. The highest BCUT2D eigenvalue weighted by molar-refractivity contribution is 6.30. The molecule has 2 aliphatic rings. The molecular weight excluding hydrogens is 360 g/mol. The van der Waals surface area contributed by atoms with Crippen molar-refractivity contribution in [3.63, 3.8) is 0 Å². The van der Waals surface area contributed by atoms with Crippen molar-refractivity contribution in [3.05, 3.63) is 70.2 Å². The fourth-order valence-electron chi connectivity index (χ4n) is 4.41. The molecule has 140 valence electrons. The third kappa shape index (κ3) is 3.46. The average Bonchev–Trinajstić information content (AvgIpc) is 3.02. The number of amides is 2. The number of rotatable bonds is 5. The van der Waals surface area contributed by atoms with Gasteiger partial charge in [-0.05, 0) is 54.0 Å². The second-order valence-electron chi connectivity index (χ2n) is 7.84. The second-order valence-corrected chi connectivity index (χ2v) is 8.27. The first-order valence-electron chi connectivity index (χ1n) is 9.37. The molecule has 1 fully saturated rings. The Hall–Kier alpha value is -2.33. The lowest BCUT2D eigenvalue weighted by molar-refractivity contribution is -0.152. The number of hydrogen-bond acceptors (Lipinski definition) is 2. The predicted octanol–water partition coefficient (Wildman–Crippen LogP) is 3.32. The molecule has 2 aromatic rings. The van der Waals surface area contributed by atoms with E-state index in [1.165, 1.54) is 11.1 Å². The Balaban J connectivity index is 1.40. The smallest absolute Gasteiger partial charge is 0.227 e. The number of aryl methyl sites for hydroxylation is 1. The van der Waals surface area contributed by atoms with Gasteiger partial charge in [-0.1, -0.05) is 48.0 Å². The lowest BCUT2D eigenvalue weighted by atomic mass is 9.73. The van der Waals surface area contributed by atoms with Gasteiger partial charge in [0, 0.05) is 24.5 Å². The maximum absolute atomic E-state index is 12.8. The molecule has 1 aliphatic carbocycles. The van der Waals surface area contributed by atoms with E-state index in [1.807, 2.05) is 30.3 Å². The molecule has 27 heavy (non-hydrogen) atoms. The molecule has 2 amide bonds. The Morgan fingerprint density at radius 3 is 2.52 bits per heavy atom. The van der Waals surface area contributed by atoms with Crippen LogP contribution in [-0.4, -0.2) is 29.8 Å². The first kappa shape index (κ1) is 18.1. The third-order valence-electron chi connectivity index (χ3n) is 6.00. The Labute approximate surface area is 164 Å². The van der Waals surface area contributed by atoms with Crippen LogP contribution in [0.4, 0.5) is 0 Å². The van der Waals surface area contributed by atoms with Crippen LogP contribution in [0.25, 0.3) is 0 Å². The normalized spacial score (nSPS) is 20.0. The number of hydrogen-bond donors (Lipinski definition) is 1. The van der Waals surface area contributed by atoms with Crippen LogP contribution < -0.4 is 5.73 Å². The van der Waals surface area contributed by atoms with E-state index in [-0.39, 0.29) is 17.7 Å². The van der Waals surface area contributed by atoms with E-state index >= 15 is 0 Å². The maximum Gasteiger partial charge on any atom is 0.227 e. The van der Waals surface area contributed by atoms with E-state index in [1.54, 1.807) is 4.90 Å². The molecule has 4 rings (SSSR count). The molecule has 5 heteroatoms. The molecule has 0 bridgehead atoms. The third-order valence-corrected chi connectivity index (χ3v) is 6.25. The van der Waals surface area contributed by atoms with Crippen LogP contribution in [0, 0.1) is 5.41 Å². The molecule has 2 N–H and O–H groups in total. The summed E-state index contributed by atoms with van der Waals surface area (Å²) in [5.41, 5.74) is 8.69. The number of carbonyl (C=O) groups is 2. The van der Waals surface area contributed by atoms with Crippen LogP contribution in [0.2, 0.25) is 5.02 Å². The number of fused-ring (bicyclic) bond motifs is 1. The monoisotopic (exact) mass is 382 g/mol. The van der Waals surface area contributed by atoms with Gasteiger partial charge in [0.2, 0.25) is 11.8 Å². The van der Waals surface area contributed by atoms with Crippen molar-refractivity contribution >= 4 is 23.4 Å². The van der Waals surface area contributed by atoms with E-state index < -0.39 is 5.41 Å². The second kappa shape index (κ2) is 7.01. The minimum Gasteiger partial charge on any atom is -0.369 e. The van der Waals surface area contributed by atoms with Crippen LogP contribution in [0.1, 0.15) is 35.4 Å². The van der Waals surface area contributed by atoms with Crippen LogP contribution >= 0.6 is 11.6 Å². The Morgan fingerprint density at radius 2 is 1.81 bits per heavy atom. The highest BCUT2D eigenvalue weighted by atomic mass is 35.5. The van der Waals surface area contributed by atoms with Crippen LogP contribution in [0.15, 0.2) is 48.5 Å². The summed E-state index contributed by atoms with van der Waals surface area (Å²) in [6, 6.07) is 15.8. The number of carbonyl (C=O) groups excluding carboxylic acids is 2. The van der Waals surface area contributed by atoms with Gasteiger partial charge >= 0.3 is 0 Å². The molecular formula is C22H23ClN2O2. The topological polar surface area (TPSA) is 63.4 Å². The van der Waals surface area contributed by atoms with Gasteiger partial charge in [0.15, 0.2) is 0 Å². The molecule has 1 atom stereocenters. The van der Waals surface area contributed by atoms with Gasteiger partial charge in [-0.3, -0.25) is 9.59 Å². The lowest BCUT2D eigenvalue weighted by Crippen LogP contribution is -2.65. The number of primary amides is 1. The van der Waals surface area contributed by atoms with Gasteiger partial charge in [-0.15, -0.1) is 0 Å². The Bertz CT molecular complexity index is 872. The minimum atomic E-state index is -0.670. The van der Waals surface area contributed by atoms with Crippen LogP contribution in [-0.2, 0) is 22.4 Å². The first-order valence-corrected chi connectivity index (χ1v) is 9.75. The van der Waals surface area contributed by atoms with Gasteiger partial charge < -0.3 is 10.6 Å². The van der Waals surface area contributed by atoms with Gasteiger partial charge in [-0.25, -0.2) is 0 Å². The van der Waals surface area contributed by atoms with E-state index in [9.17, 15) is 9.59 Å². The Kier molecular flexibility index (Phi) is 4.68. The van der Waals surface area contributed by atoms with E-state index in [2.05, 4.69) is 18.2 Å². The summed E-state index contributed by atoms with van der Waals surface area (Å²) in [6.07, 6.45) is 3.10. The number of likely N-dealkylation sites (tertiary alicyclic amines) is 1. The van der Waals surface area contributed by atoms with E-state index in [4.69, 9.17) is 17.3 Å². The van der Waals surface area contributed by atoms with Gasteiger partial charge in [0.05, 0.1) is 5.41 Å². The highest BCUT2D eigenvalue weighted by Gasteiger charge is 2.49. The molecule has 1 saturated heterocycles. The van der Waals surface area contributed by atoms with Gasteiger partial charge in [0.1, 0.15) is 0 Å². The molecule has 0 radical (unpaired) electrons. The zero-order valence-electron chi connectivity index (χ0n) is 15.2. The SMILES string of the molecule is NC(=O)C1(Cc2ccc(Cl)cc2)CN(C(=O)CC2CCc3ccccc32)C1. The lowest BCUT2D eigenvalue weighted by Gasteiger charge is -2.48. The van der Waals surface area contributed by atoms with Crippen molar-refractivity contribution in [1.29, 1.82) is 0 Å². The summed E-state index contributed by atoms with van der Waals surface area (Å²) >= 11 is 5.93. The number of benzene rings is 2. The zero-order valence-corrected chi connectivity index (χ0v) is 15.9. The number of halogens is 1. The van der Waals surface area contributed by atoms with Crippen molar-refractivity contribution < 1.29 is 9.59 Å². The fraction of sp³-hybridized carbons (Fsp3) is 0.364. The van der Waals surface area contributed by atoms with Crippen molar-refractivity contribution in [3.8, 4) is 0 Å². The van der Waals surface area contributed by atoms with E-state index in [0.29, 0.717) is 31.0 Å². The van der Waals surface area contributed by atoms with E-state index in [0.717, 1.165) is 18.4 Å². The summed E-state index contributed by atoms with van der Waals surface area (Å²) < 4.78 is 0. The number of nitrogens with zero attached hydrogens (tertiary/aromatic N) is 1. The summed E-state index contributed by atoms with van der Waals surface area (Å²) in [5.74, 6) is 0.0611. The molecule has 2 aromatic carbocycles. The van der Waals surface area contributed by atoms with Gasteiger partial charge in [-0.2, -0.15) is 0 Å². The summed E-state index contributed by atoms with van der Waals surface area (Å²) in [7, 11) is 0. The van der Waals surface area contributed by atoms with Crippen molar-refractivity contribution in [2.45, 2.75) is 31.6 Å². The van der Waals surface area contributed by atoms with Crippen LogP contribution in [0.3, 0.4) is 0 Å². The average molecular weight is 383 g/mol. The standard InChI is InChI=1S/C22H23ClN2O2/c23-18-9-5-15(6-10-18)12-22(21(24)27)13-25(14-22)20(26)11-17-8-7-16-3-1-2-4-19(16)17/h1-6,9-10,17H,7-8,11-14H2,(H2,24,27). The van der Waals surface area contributed by atoms with Gasteiger partial charge in [0.25, 0.3) is 0 Å². The van der Waals surface area contributed by atoms with Crippen LogP contribution in [0.5, 0.6) is 0 Å². The quantitative estimate of drug-likeness (QED) is 0.862. The highest BCUT2D eigenvalue weighted by Crippen LogP contribution is 2.39. The van der Waals surface area contributed by atoms with Crippen molar-refractivity contribution in [2.24, 2.45) is 11.1 Å². The minimum absolute atomic E-state index is 0.115. The molecule has 1 heterocycles. The molecule has 0 spiro atoms. The Morgan fingerprint density at radius 1 is 1.11 bits per heavy atom. The maximum atomic E-state index is 12.8. The largest absolute Gasteiger partial charge is 0.369 e. The first-order chi connectivity index (χ1) is 13.0. The molecule has 0 aromatic heterocycles. The summed E-state index contributed by atoms with van der Waals surface area (Å²) in [6.45, 7) is 0.802. The fourth-order valence-corrected chi connectivity index (χ4v) is 4.53. The molecule has 4 nitrogen and oxygen atoms in total. The van der Waals surface area contributed by atoms with Crippen molar-refractivity contribution in [2.75, 3.05) is 13.1 Å². The summed E-state index contributed by atoms with van der Waals surface area (Å²) in [4.78, 5) is 26.6.